The third kappa shape index (κ3) is 26.6. The molecule has 0 aromatic heterocycles. The Hall–Kier alpha value is -1.01. The van der Waals surface area contributed by atoms with Gasteiger partial charge in [0, 0.05) is 12.5 Å². The lowest BCUT2D eigenvalue weighted by atomic mass is 10.2. The van der Waals surface area contributed by atoms with E-state index in [1.165, 1.54) is 12.8 Å². The fourth-order valence-corrected chi connectivity index (χ4v) is 3.22. The Morgan fingerprint density at radius 2 is 0.711 bits per heavy atom. The predicted molar refractivity (Wildman–Crippen MR) is 148 cm³/mol. The first-order valence-corrected chi connectivity index (χ1v) is 14.3. The highest BCUT2D eigenvalue weighted by Gasteiger charge is 1.96. The van der Waals surface area contributed by atoms with Crippen molar-refractivity contribution in [3.63, 3.8) is 0 Å². The van der Waals surface area contributed by atoms with Crippen molar-refractivity contribution in [1.29, 1.82) is 0 Å². The molecular formula is C28H49ClO9. The molecule has 1 rings (SSSR count). The van der Waals surface area contributed by atoms with Gasteiger partial charge in [-0.2, -0.15) is 0 Å². The fourth-order valence-electron chi connectivity index (χ4n) is 3.03. The van der Waals surface area contributed by atoms with Gasteiger partial charge in [-0.15, -0.1) is 11.6 Å². The van der Waals surface area contributed by atoms with E-state index in [1.807, 2.05) is 30.3 Å². The quantitative estimate of drug-likeness (QED) is 0.0981. The highest BCUT2D eigenvalue weighted by Crippen LogP contribution is 2.07. The standard InChI is InChI=1S/C28H49ClO9/c29-10-6-1-2-7-11-30-12-13-31-14-15-32-16-17-33-18-19-34-20-21-35-22-23-36-24-25-37-26-27-38-28-8-4-3-5-9-28/h3-5,8-9H,1-2,6-7,10-27H2. The van der Waals surface area contributed by atoms with Crippen molar-refractivity contribution < 1.29 is 42.6 Å². The van der Waals surface area contributed by atoms with E-state index in [2.05, 4.69) is 0 Å². The lowest BCUT2D eigenvalue weighted by molar-refractivity contribution is -0.0236. The third-order valence-electron chi connectivity index (χ3n) is 5.02. The topological polar surface area (TPSA) is 83.1 Å². The number of hydrogen-bond donors (Lipinski definition) is 0. The van der Waals surface area contributed by atoms with Gasteiger partial charge in [-0.05, 0) is 25.0 Å². The van der Waals surface area contributed by atoms with Crippen molar-refractivity contribution >= 4 is 11.6 Å². The lowest BCUT2D eigenvalue weighted by Crippen LogP contribution is -2.15. The van der Waals surface area contributed by atoms with Gasteiger partial charge in [0.2, 0.25) is 0 Å². The molecule has 0 unspecified atom stereocenters. The van der Waals surface area contributed by atoms with Crippen LogP contribution in [-0.2, 0) is 37.9 Å². The van der Waals surface area contributed by atoms with Crippen molar-refractivity contribution in [2.75, 3.05) is 118 Å². The number of alkyl halides is 1. The SMILES string of the molecule is ClCCCCCCOCCOCCOCCOCCOCCOCCOCCOCCOc1ccccc1. The van der Waals surface area contributed by atoms with Gasteiger partial charge in [0.15, 0.2) is 0 Å². The summed E-state index contributed by atoms with van der Waals surface area (Å²) in [6.45, 7) is 9.49. The molecule has 0 saturated carbocycles. The van der Waals surface area contributed by atoms with E-state index >= 15 is 0 Å². The Labute approximate surface area is 234 Å². The highest BCUT2D eigenvalue weighted by molar-refractivity contribution is 6.17. The molecule has 0 spiro atoms. The average molecular weight is 565 g/mol. The molecule has 0 heterocycles. The van der Waals surface area contributed by atoms with E-state index in [-0.39, 0.29) is 0 Å². The second-order valence-electron chi connectivity index (χ2n) is 8.16. The van der Waals surface area contributed by atoms with E-state index in [4.69, 9.17) is 54.2 Å². The summed E-state index contributed by atoms with van der Waals surface area (Å²) in [5, 5.41) is 0. The normalized spacial score (nSPS) is 11.3. The zero-order valence-electron chi connectivity index (χ0n) is 23.0. The van der Waals surface area contributed by atoms with E-state index < -0.39 is 0 Å². The molecule has 0 aliphatic heterocycles. The van der Waals surface area contributed by atoms with Gasteiger partial charge in [0.25, 0.3) is 0 Å². The summed E-state index contributed by atoms with van der Waals surface area (Å²) >= 11 is 5.64. The molecule has 0 fully saturated rings. The summed E-state index contributed by atoms with van der Waals surface area (Å²) in [6, 6.07) is 9.68. The molecule has 9 nitrogen and oxygen atoms in total. The van der Waals surface area contributed by atoms with Crippen LogP contribution >= 0.6 is 11.6 Å². The molecule has 0 saturated heterocycles. The van der Waals surface area contributed by atoms with Crippen molar-refractivity contribution in [2.24, 2.45) is 0 Å². The molecule has 222 valence electrons. The van der Waals surface area contributed by atoms with Crippen LogP contribution in [-0.4, -0.2) is 118 Å². The third-order valence-corrected chi connectivity index (χ3v) is 5.28. The maximum atomic E-state index is 5.64. The van der Waals surface area contributed by atoms with Crippen LogP contribution in [0.25, 0.3) is 0 Å². The van der Waals surface area contributed by atoms with Crippen LogP contribution in [0, 0.1) is 0 Å². The minimum Gasteiger partial charge on any atom is -0.491 e. The van der Waals surface area contributed by atoms with E-state index in [1.54, 1.807) is 0 Å². The number of rotatable bonds is 31. The van der Waals surface area contributed by atoms with Gasteiger partial charge >= 0.3 is 0 Å². The summed E-state index contributed by atoms with van der Waals surface area (Å²) in [5.41, 5.74) is 0. The Morgan fingerprint density at radius 1 is 0.368 bits per heavy atom. The molecule has 0 aliphatic rings. The first kappa shape index (κ1) is 35.0. The van der Waals surface area contributed by atoms with Crippen molar-refractivity contribution in [1.82, 2.24) is 0 Å². The van der Waals surface area contributed by atoms with E-state index in [0.717, 1.165) is 31.1 Å². The first-order chi connectivity index (χ1) is 18.9. The summed E-state index contributed by atoms with van der Waals surface area (Å²) < 4.78 is 49.4. The van der Waals surface area contributed by atoms with E-state index in [9.17, 15) is 0 Å². The molecular weight excluding hydrogens is 516 g/mol. The maximum absolute atomic E-state index is 5.64. The van der Waals surface area contributed by atoms with Gasteiger partial charge in [-0.3, -0.25) is 0 Å². The van der Waals surface area contributed by atoms with Crippen LogP contribution in [0.4, 0.5) is 0 Å². The zero-order chi connectivity index (χ0) is 27.0. The lowest BCUT2D eigenvalue weighted by Gasteiger charge is -2.09. The van der Waals surface area contributed by atoms with Gasteiger partial charge in [-0.1, -0.05) is 31.0 Å². The number of ether oxygens (including phenoxy) is 9. The van der Waals surface area contributed by atoms with Crippen molar-refractivity contribution in [3.05, 3.63) is 30.3 Å². The molecule has 38 heavy (non-hydrogen) atoms. The van der Waals surface area contributed by atoms with Crippen LogP contribution in [0.1, 0.15) is 25.7 Å². The molecule has 0 radical (unpaired) electrons. The molecule has 10 heteroatoms. The summed E-state index contributed by atoms with van der Waals surface area (Å²) in [6.07, 6.45) is 4.51. The minimum atomic E-state index is 0.523. The number of halogens is 1. The number of para-hydroxylation sites is 1. The number of hydrogen-bond acceptors (Lipinski definition) is 9. The second kappa shape index (κ2) is 30.5. The Balaban J connectivity index is 1.62. The van der Waals surface area contributed by atoms with Gasteiger partial charge in [-0.25, -0.2) is 0 Å². The van der Waals surface area contributed by atoms with Crippen LogP contribution in [0.3, 0.4) is 0 Å². The first-order valence-electron chi connectivity index (χ1n) is 13.8. The summed E-state index contributed by atoms with van der Waals surface area (Å²) in [4.78, 5) is 0. The maximum Gasteiger partial charge on any atom is 0.119 e. The highest BCUT2D eigenvalue weighted by atomic mass is 35.5. The van der Waals surface area contributed by atoms with Crippen molar-refractivity contribution in [3.8, 4) is 5.75 Å². The van der Waals surface area contributed by atoms with Crippen LogP contribution in [0.15, 0.2) is 30.3 Å². The summed E-state index contributed by atoms with van der Waals surface area (Å²) in [5.74, 6) is 1.60. The van der Waals surface area contributed by atoms with Crippen molar-refractivity contribution in [2.45, 2.75) is 25.7 Å². The Morgan fingerprint density at radius 3 is 1.11 bits per heavy atom. The van der Waals surface area contributed by atoms with Crippen LogP contribution in [0.2, 0.25) is 0 Å². The zero-order valence-corrected chi connectivity index (χ0v) is 23.8. The largest absolute Gasteiger partial charge is 0.491 e. The Bertz CT molecular complexity index is 569. The monoisotopic (exact) mass is 564 g/mol. The average Bonchev–Trinajstić information content (AvgIpc) is 2.94. The van der Waals surface area contributed by atoms with E-state index in [0.29, 0.717) is 106 Å². The molecule has 0 amide bonds. The predicted octanol–water partition coefficient (Wildman–Crippen LogP) is 4.00. The molecule has 0 bridgehead atoms. The Kier molecular flexibility index (Phi) is 28.1. The molecule has 1 aromatic rings. The number of unbranched alkanes of at least 4 members (excludes halogenated alkanes) is 3. The summed E-state index contributed by atoms with van der Waals surface area (Å²) in [7, 11) is 0. The van der Waals surface area contributed by atoms with Crippen LogP contribution in [0.5, 0.6) is 5.75 Å². The number of benzene rings is 1. The molecule has 1 aromatic carbocycles. The smallest absolute Gasteiger partial charge is 0.119 e. The molecule has 0 N–H and O–H groups in total. The molecule has 0 atom stereocenters. The minimum absolute atomic E-state index is 0.523. The van der Waals surface area contributed by atoms with Gasteiger partial charge < -0.3 is 42.6 Å². The second-order valence-corrected chi connectivity index (χ2v) is 8.54. The van der Waals surface area contributed by atoms with Crippen LogP contribution < -0.4 is 4.74 Å². The van der Waals surface area contributed by atoms with Gasteiger partial charge in [0.05, 0.1) is 99.1 Å². The fraction of sp³-hybridized carbons (Fsp3) is 0.786. The molecule has 0 aliphatic carbocycles. The van der Waals surface area contributed by atoms with Gasteiger partial charge in [0.1, 0.15) is 12.4 Å².